The number of carbonyl (C=O) groups is 2. The number of carboxylic acids is 1. The van der Waals surface area contributed by atoms with Crippen molar-refractivity contribution in [1.82, 2.24) is 0 Å². The van der Waals surface area contributed by atoms with Gasteiger partial charge in [0.05, 0.1) is 7.11 Å². The summed E-state index contributed by atoms with van der Waals surface area (Å²) >= 11 is 0. The SMILES string of the molecule is COc1ccc(NC(=O)COc2ccc3ccc(CCC(=O)O)cc3c2)cc1. The zero-order chi connectivity index (χ0) is 19.9. The second-order valence-electron chi connectivity index (χ2n) is 6.30. The van der Waals surface area contributed by atoms with Gasteiger partial charge in [0.1, 0.15) is 11.5 Å². The molecule has 0 unspecified atom stereocenters. The second-order valence-corrected chi connectivity index (χ2v) is 6.30. The van der Waals surface area contributed by atoms with Crippen LogP contribution in [0.2, 0.25) is 0 Å². The van der Waals surface area contributed by atoms with Crippen LogP contribution in [0.15, 0.2) is 60.7 Å². The molecule has 0 aromatic heterocycles. The number of nitrogens with one attached hydrogen (secondary N) is 1. The van der Waals surface area contributed by atoms with Crippen LogP contribution < -0.4 is 14.8 Å². The maximum Gasteiger partial charge on any atom is 0.303 e. The van der Waals surface area contributed by atoms with Gasteiger partial charge in [0.15, 0.2) is 6.61 Å². The van der Waals surface area contributed by atoms with Crippen molar-refractivity contribution in [2.45, 2.75) is 12.8 Å². The maximum absolute atomic E-state index is 12.1. The van der Waals surface area contributed by atoms with Crippen molar-refractivity contribution < 1.29 is 24.2 Å². The Labute approximate surface area is 162 Å². The summed E-state index contributed by atoms with van der Waals surface area (Å²) in [5.74, 6) is 0.210. The van der Waals surface area contributed by atoms with Gasteiger partial charge < -0.3 is 19.9 Å². The number of carbonyl (C=O) groups excluding carboxylic acids is 1. The van der Waals surface area contributed by atoms with Crippen LogP contribution in [0.4, 0.5) is 5.69 Å². The Kier molecular flexibility index (Phi) is 6.11. The van der Waals surface area contributed by atoms with Crippen molar-refractivity contribution >= 4 is 28.3 Å². The predicted octanol–water partition coefficient (Wildman–Crippen LogP) is 3.88. The summed E-state index contributed by atoms with van der Waals surface area (Å²) in [5.41, 5.74) is 1.61. The minimum atomic E-state index is -0.819. The lowest BCUT2D eigenvalue weighted by molar-refractivity contribution is -0.137. The third kappa shape index (κ3) is 5.23. The number of rotatable bonds is 8. The van der Waals surface area contributed by atoms with Crippen molar-refractivity contribution in [3.05, 3.63) is 66.2 Å². The summed E-state index contributed by atoms with van der Waals surface area (Å²) in [4.78, 5) is 22.8. The van der Waals surface area contributed by atoms with Crippen LogP contribution in [0.5, 0.6) is 11.5 Å². The highest BCUT2D eigenvalue weighted by molar-refractivity contribution is 5.92. The van der Waals surface area contributed by atoms with Gasteiger partial charge in [-0.05, 0) is 59.2 Å². The minimum absolute atomic E-state index is 0.0905. The summed E-state index contributed by atoms with van der Waals surface area (Å²) in [7, 11) is 1.58. The van der Waals surface area contributed by atoms with Crippen LogP contribution in [0.3, 0.4) is 0 Å². The van der Waals surface area contributed by atoms with E-state index in [1.165, 1.54) is 0 Å². The predicted molar refractivity (Wildman–Crippen MR) is 107 cm³/mol. The van der Waals surface area contributed by atoms with Gasteiger partial charge in [0, 0.05) is 12.1 Å². The van der Waals surface area contributed by atoms with Gasteiger partial charge >= 0.3 is 5.97 Å². The molecule has 3 aromatic carbocycles. The number of aliphatic carboxylic acids is 1. The van der Waals surface area contributed by atoms with E-state index >= 15 is 0 Å². The monoisotopic (exact) mass is 379 g/mol. The summed E-state index contributed by atoms with van der Waals surface area (Å²) < 4.78 is 10.7. The van der Waals surface area contributed by atoms with E-state index in [0.29, 0.717) is 23.6 Å². The number of hydrogen-bond donors (Lipinski definition) is 2. The van der Waals surface area contributed by atoms with E-state index in [1.54, 1.807) is 37.4 Å². The molecule has 0 heterocycles. The summed E-state index contributed by atoms with van der Waals surface area (Å²) in [6, 6.07) is 18.4. The van der Waals surface area contributed by atoms with E-state index in [2.05, 4.69) is 5.32 Å². The van der Waals surface area contributed by atoms with Crippen LogP contribution in [-0.4, -0.2) is 30.7 Å². The van der Waals surface area contributed by atoms with Gasteiger partial charge in [0.2, 0.25) is 0 Å². The molecule has 144 valence electrons. The zero-order valence-electron chi connectivity index (χ0n) is 15.5. The number of carboxylic acid groups (broad SMARTS) is 1. The Morgan fingerprint density at radius 3 is 2.36 bits per heavy atom. The fraction of sp³-hybridized carbons (Fsp3) is 0.182. The highest BCUT2D eigenvalue weighted by Crippen LogP contribution is 2.23. The van der Waals surface area contributed by atoms with Crippen LogP contribution in [-0.2, 0) is 16.0 Å². The molecule has 0 bridgehead atoms. The molecule has 2 N–H and O–H groups in total. The molecule has 3 rings (SSSR count). The molecule has 6 nitrogen and oxygen atoms in total. The van der Waals surface area contributed by atoms with Crippen molar-refractivity contribution in [1.29, 1.82) is 0 Å². The van der Waals surface area contributed by atoms with Crippen molar-refractivity contribution in [3.8, 4) is 11.5 Å². The Morgan fingerprint density at radius 1 is 0.929 bits per heavy atom. The van der Waals surface area contributed by atoms with Crippen molar-refractivity contribution in [3.63, 3.8) is 0 Å². The van der Waals surface area contributed by atoms with E-state index in [0.717, 1.165) is 16.3 Å². The first-order chi connectivity index (χ1) is 13.5. The quantitative estimate of drug-likeness (QED) is 0.620. The topological polar surface area (TPSA) is 84.9 Å². The molecule has 0 saturated heterocycles. The number of amides is 1. The van der Waals surface area contributed by atoms with E-state index < -0.39 is 5.97 Å². The van der Waals surface area contributed by atoms with E-state index in [4.69, 9.17) is 14.6 Å². The normalized spacial score (nSPS) is 10.5. The Bertz CT molecular complexity index is 982. The number of anilines is 1. The molecule has 0 aliphatic heterocycles. The lowest BCUT2D eigenvalue weighted by Gasteiger charge is -2.09. The molecule has 0 atom stereocenters. The fourth-order valence-electron chi connectivity index (χ4n) is 2.79. The molecular weight excluding hydrogens is 358 g/mol. The molecule has 0 aliphatic rings. The molecule has 3 aromatic rings. The molecule has 0 spiro atoms. The van der Waals surface area contributed by atoms with Crippen LogP contribution >= 0.6 is 0 Å². The molecule has 0 radical (unpaired) electrons. The van der Waals surface area contributed by atoms with Crippen LogP contribution in [0, 0.1) is 0 Å². The van der Waals surface area contributed by atoms with Gasteiger partial charge in [0.25, 0.3) is 5.91 Å². The lowest BCUT2D eigenvalue weighted by Crippen LogP contribution is -2.20. The first kappa shape index (κ1) is 19.2. The number of methoxy groups -OCH3 is 1. The third-order valence-corrected chi connectivity index (χ3v) is 4.25. The third-order valence-electron chi connectivity index (χ3n) is 4.25. The Hall–Kier alpha value is -3.54. The highest BCUT2D eigenvalue weighted by atomic mass is 16.5. The van der Waals surface area contributed by atoms with Gasteiger partial charge in [-0.2, -0.15) is 0 Å². The number of ether oxygens (including phenoxy) is 2. The van der Waals surface area contributed by atoms with Gasteiger partial charge in [-0.3, -0.25) is 9.59 Å². The molecule has 0 saturated carbocycles. The summed E-state index contributed by atoms with van der Waals surface area (Å²) in [5, 5.41) is 13.5. The molecule has 1 amide bonds. The second kappa shape index (κ2) is 8.90. The van der Waals surface area contributed by atoms with Crippen LogP contribution in [0.1, 0.15) is 12.0 Å². The number of fused-ring (bicyclic) bond motifs is 1. The molecule has 6 heteroatoms. The first-order valence-electron chi connectivity index (χ1n) is 8.85. The summed E-state index contributed by atoms with van der Waals surface area (Å²) in [6.45, 7) is -0.115. The Morgan fingerprint density at radius 2 is 1.64 bits per heavy atom. The average Bonchev–Trinajstić information content (AvgIpc) is 2.71. The largest absolute Gasteiger partial charge is 0.497 e. The maximum atomic E-state index is 12.1. The number of aryl methyl sites for hydroxylation is 1. The van der Waals surface area contributed by atoms with Crippen molar-refractivity contribution in [2.24, 2.45) is 0 Å². The van der Waals surface area contributed by atoms with Crippen LogP contribution in [0.25, 0.3) is 10.8 Å². The average molecular weight is 379 g/mol. The number of benzene rings is 3. The van der Waals surface area contributed by atoms with Crippen molar-refractivity contribution in [2.75, 3.05) is 19.0 Å². The van der Waals surface area contributed by atoms with E-state index in [9.17, 15) is 9.59 Å². The van der Waals surface area contributed by atoms with Gasteiger partial charge in [-0.25, -0.2) is 0 Å². The van der Waals surface area contributed by atoms with Gasteiger partial charge in [-0.15, -0.1) is 0 Å². The Balaban J connectivity index is 1.61. The molecule has 0 aliphatic carbocycles. The smallest absolute Gasteiger partial charge is 0.303 e. The highest BCUT2D eigenvalue weighted by Gasteiger charge is 2.06. The van der Waals surface area contributed by atoms with E-state index in [-0.39, 0.29) is 18.9 Å². The summed E-state index contributed by atoms with van der Waals surface area (Å²) in [6.07, 6.45) is 0.563. The lowest BCUT2D eigenvalue weighted by atomic mass is 10.0. The zero-order valence-corrected chi connectivity index (χ0v) is 15.5. The number of hydrogen-bond acceptors (Lipinski definition) is 4. The first-order valence-corrected chi connectivity index (χ1v) is 8.85. The molecule has 0 fully saturated rings. The fourth-order valence-corrected chi connectivity index (χ4v) is 2.79. The molecule has 28 heavy (non-hydrogen) atoms. The minimum Gasteiger partial charge on any atom is -0.497 e. The molecular formula is C22H21NO5. The van der Waals surface area contributed by atoms with E-state index in [1.807, 2.05) is 30.3 Å². The van der Waals surface area contributed by atoms with Gasteiger partial charge in [-0.1, -0.05) is 24.3 Å². The standard InChI is InChI=1S/C22H21NO5/c1-27-19-9-6-18(7-10-19)23-21(24)14-28-20-8-5-16-4-2-15(3-11-22(25)26)12-17(16)13-20/h2,4-10,12-13H,3,11,14H2,1H3,(H,23,24)(H,25,26).